The standard InChI is InChI=1S/C19H24O2.2C4H6O2/c1-11-7-15(8-12(2)17(11)20)19(5,6)16-9-13(3)18(21)14(4)10-16;2*1-3(2)4(5)6/h7-10,20-21H,1-6H3;2*1H2,2H3,(H,5,6). The fourth-order valence-electron chi connectivity index (χ4n) is 2.80. The number of rotatable bonds is 4. The number of aryl methyl sites for hydroxylation is 4. The van der Waals surface area contributed by atoms with E-state index in [-0.39, 0.29) is 16.6 Å². The monoisotopic (exact) mass is 456 g/mol. The molecule has 0 bridgehead atoms. The van der Waals surface area contributed by atoms with Gasteiger partial charge < -0.3 is 20.4 Å². The number of hydrogen-bond acceptors (Lipinski definition) is 4. The lowest BCUT2D eigenvalue weighted by atomic mass is 9.76. The topological polar surface area (TPSA) is 115 Å². The van der Waals surface area contributed by atoms with Gasteiger partial charge in [-0.15, -0.1) is 0 Å². The fraction of sp³-hybridized carbons (Fsp3) is 0.333. The maximum Gasteiger partial charge on any atom is 0.330 e. The Hall–Kier alpha value is -3.54. The van der Waals surface area contributed by atoms with Crippen LogP contribution in [0.2, 0.25) is 0 Å². The molecule has 0 aliphatic rings. The summed E-state index contributed by atoms with van der Waals surface area (Å²) < 4.78 is 0. The molecule has 0 aromatic heterocycles. The van der Waals surface area contributed by atoms with E-state index in [2.05, 4.69) is 27.0 Å². The summed E-state index contributed by atoms with van der Waals surface area (Å²) in [5, 5.41) is 35.7. The molecular weight excluding hydrogens is 420 g/mol. The van der Waals surface area contributed by atoms with Crippen molar-refractivity contribution >= 4 is 11.9 Å². The number of benzene rings is 2. The van der Waals surface area contributed by atoms with Crippen molar-refractivity contribution in [3.8, 4) is 11.5 Å². The lowest BCUT2D eigenvalue weighted by molar-refractivity contribution is -0.133. The van der Waals surface area contributed by atoms with Gasteiger partial charge in [0.05, 0.1) is 0 Å². The number of carbonyl (C=O) groups is 2. The number of aromatic hydroxyl groups is 2. The van der Waals surface area contributed by atoms with Crippen molar-refractivity contribution in [2.24, 2.45) is 0 Å². The van der Waals surface area contributed by atoms with E-state index >= 15 is 0 Å². The molecule has 33 heavy (non-hydrogen) atoms. The zero-order chi connectivity index (χ0) is 26.3. The summed E-state index contributed by atoms with van der Waals surface area (Å²) in [6.07, 6.45) is 0. The van der Waals surface area contributed by atoms with Gasteiger partial charge in [-0.1, -0.05) is 51.3 Å². The van der Waals surface area contributed by atoms with Crippen LogP contribution in [-0.2, 0) is 15.0 Å². The van der Waals surface area contributed by atoms with Crippen molar-refractivity contribution in [3.05, 3.63) is 82.0 Å². The van der Waals surface area contributed by atoms with Crippen molar-refractivity contribution in [1.82, 2.24) is 0 Å². The summed E-state index contributed by atoms with van der Waals surface area (Å²) in [5.41, 5.74) is 6.07. The smallest absolute Gasteiger partial charge is 0.330 e. The van der Waals surface area contributed by atoms with Gasteiger partial charge in [0.2, 0.25) is 0 Å². The van der Waals surface area contributed by atoms with Crippen molar-refractivity contribution in [2.75, 3.05) is 0 Å². The molecule has 180 valence electrons. The van der Waals surface area contributed by atoms with Crippen molar-refractivity contribution < 1.29 is 30.0 Å². The van der Waals surface area contributed by atoms with Gasteiger partial charge in [0.1, 0.15) is 11.5 Å². The van der Waals surface area contributed by atoms with E-state index in [1.165, 1.54) is 25.0 Å². The summed E-state index contributed by atoms with van der Waals surface area (Å²) in [5.74, 6) is -1.13. The average molecular weight is 457 g/mol. The molecule has 2 aromatic carbocycles. The van der Waals surface area contributed by atoms with Crippen molar-refractivity contribution in [3.63, 3.8) is 0 Å². The molecule has 0 atom stereocenters. The minimum atomic E-state index is -0.935. The van der Waals surface area contributed by atoms with Crippen LogP contribution in [0.3, 0.4) is 0 Å². The van der Waals surface area contributed by atoms with Crippen LogP contribution >= 0.6 is 0 Å². The number of aliphatic carboxylic acids is 2. The van der Waals surface area contributed by atoms with E-state index in [1.54, 1.807) is 0 Å². The number of phenolic OH excluding ortho intramolecular Hbond substituents is 2. The van der Waals surface area contributed by atoms with Gasteiger partial charge >= 0.3 is 11.9 Å². The second-order valence-electron chi connectivity index (χ2n) is 8.71. The Morgan fingerprint density at radius 1 is 0.667 bits per heavy atom. The minimum Gasteiger partial charge on any atom is -0.507 e. The number of carboxylic acid groups (broad SMARTS) is 2. The van der Waals surface area contributed by atoms with Gasteiger partial charge in [-0.05, 0) is 74.9 Å². The van der Waals surface area contributed by atoms with E-state index in [9.17, 15) is 19.8 Å². The van der Waals surface area contributed by atoms with Gasteiger partial charge in [0.15, 0.2) is 0 Å². The van der Waals surface area contributed by atoms with E-state index < -0.39 is 11.9 Å². The molecule has 6 heteroatoms. The molecule has 0 saturated heterocycles. The van der Waals surface area contributed by atoms with Crippen molar-refractivity contribution in [2.45, 2.75) is 60.8 Å². The van der Waals surface area contributed by atoms with Gasteiger partial charge in [-0.25, -0.2) is 9.59 Å². The van der Waals surface area contributed by atoms with Gasteiger partial charge in [0, 0.05) is 16.6 Å². The summed E-state index contributed by atoms with van der Waals surface area (Å²) in [6.45, 7) is 21.2. The number of hydrogen-bond donors (Lipinski definition) is 4. The highest BCUT2D eigenvalue weighted by Crippen LogP contribution is 2.37. The van der Waals surface area contributed by atoms with E-state index in [0.29, 0.717) is 11.5 Å². The highest BCUT2D eigenvalue weighted by atomic mass is 16.4. The predicted octanol–water partition coefficient (Wildman–Crippen LogP) is 5.95. The lowest BCUT2D eigenvalue weighted by Gasteiger charge is -2.28. The zero-order valence-electron chi connectivity index (χ0n) is 20.8. The van der Waals surface area contributed by atoms with Crippen LogP contribution in [0.15, 0.2) is 48.6 Å². The van der Waals surface area contributed by atoms with E-state index in [4.69, 9.17) is 10.2 Å². The molecule has 0 aliphatic heterocycles. The summed E-state index contributed by atoms with van der Waals surface area (Å²) in [7, 11) is 0. The Morgan fingerprint density at radius 3 is 1.00 bits per heavy atom. The molecule has 0 heterocycles. The molecule has 0 amide bonds. The molecule has 0 aliphatic carbocycles. The van der Waals surface area contributed by atoms with Crippen LogP contribution in [0.25, 0.3) is 0 Å². The average Bonchev–Trinajstić information content (AvgIpc) is 2.70. The quantitative estimate of drug-likeness (QED) is 0.423. The number of carboxylic acids is 2. The van der Waals surface area contributed by atoms with Crippen molar-refractivity contribution in [1.29, 1.82) is 0 Å². The molecule has 6 nitrogen and oxygen atoms in total. The SMILES string of the molecule is C=C(C)C(=O)O.C=C(C)C(=O)O.Cc1cc(C(C)(C)c2cc(C)c(O)c(C)c2)cc(C)c1O. The summed E-state index contributed by atoms with van der Waals surface area (Å²) in [6, 6.07) is 8.17. The van der Waals surface area contributed by atoms with Crippen LogP contribution in [0.5, 0.6) is 11.5 Å². The molecule has 0 fully saturated rings. The van der Waals surface area contributed by atoms with Crippen LogP contribution in [0.4, 0.5) is 0 Å². The second kappa shape index (κ2) is 11.9. The molecule has 2 rings (SSSR count). The normalized spacial score (nSPS) is 10.2. The Kier molecular flexibility index (Phi) is 10.6. The maximum atomic E-state index is 9.96. The molecule has 0 unspecified atom stereocenters. The summed E-state index contributed by atoms with van der Waals surface area (Å²) in [4.78, 5) is 19.2. The predicted molar refractivity (Wildman–Crippen MR) is 132 cm³/mol. The van der Waals surface area contributed by atoms with Gasteiger partial charge in [-0.2, -0.15) is 0 Å². The van der Waals surface area contributed by atoms with Crippen LogP contribution in [0.1, 0.15) is 61.1 Å². The Morgan fingerprint density at radius 2 is 0.848 bits per heavy atom. The van der Waals surface area contributed by atoms with Crippen LogP contribution in [0, 0.1) is 27.7 Å². The summed E-state index contributed by atoms with van der Waals surface area (Å²) >= 11 is 0. The van der Waals surface area contributed by atoms with E-state index in [1.807, 2.05) is 52.0 Å². The molecule has 0 radical (unpaired) electrons. The first kappa shape index (κ1) is 29.5. The van der Waals surface area contributed by atoms with Gasteiger partial charge in [0.25, 0.3) is 0 Å². The maximum absolute atomic E-state index is 9.96. The highest BCUT2D eigenvalue weighted by Gasteiger charge is 2.25. The number of phenols is 2. The largest absolute Gasteiger partial charge is 0.507 e. The van der Waals surface area contributed by atoms with Crippen LogP contribution < -0.4 is 0 Å². The third kappa shape index (κ3) is 8.48. The third-order valence-electron chi connectivity index (χ3n) is 5.16. The molecule has 2 aromatic rings. The Labute approximate surface area is 196 Å². The molecule has 0 spiro atoms. The zero-order valence-corrected chi connectivity index (χ0v) is 20.8. The lowest BCUT2D eigenvalue weighted by Crippen LogP contribution is -2.19. The molecular formula is C27H36O6. The second-order valence-corrected chi connectivity index (χ2v) is 8.71. The molecule has 4 N–H and O–H groups in total. The fourth-order valence-corrected chi connectivity index (χ4v) is 2.80. The Bertz CT molecular complexity index is 907. The first-order valence-corrected chi connectivity index (χ1v) is 10.3. The van der Waals surface area contributed by atoms with Crippen LogP contribution in [-0.4, -0.2) is 32.4 Å². The van der Waals surface area contributed by atoms with E-state index in [0.717, 1.165) is 22.3 Å². The molecule has 0 saturated carbocycles. The first-order valence-electron chi connectivity index (χ1n) is 10.3. The van der Waals surface area contributed by atoms with Gasteiger partial charge in [-0.3, -0.25) is 0 Å². The first-order chi connectivity index (χ1) is 14.9. The minimum absolute atomic E-state index is 0.176. The Balaban J connectivity index is 0.000000705. The highest BCUT2D eigenvalue weighted by molar-refractivity contribution is 5.85. The third-order valence-corrected chi connectivity index (χ3v) is 5.16.